The summed E-state index contributed by atoms with van der Waals surface area (Å²) in [6, 6.07) is 0. The van der Waals surface area contributed by atoms with Gasteiger partial charge in [0.1, 0.15) is 36.6 Å². The fourth-order valence-corrected chi connectivity index (χ4v) is 4.51. The Bertz CT molecular complexity index is 1100. The van der Waals surface area contributed by atoms with Gasteiger partial charge in [0.15, 0.2) is 23.4 Å². The minimum Gasteiger partial charge on any atom is -0.459 e. The summed E-state index contributed by atoms with van der Waals surface area (Å²) in [5.41, 5.74) is -4.30. The van der Waals surface area contributed by atoms with Crippen LogP contribution in [0, 0.1) is 0 Å². The Morgan fingerprint density at radius 1 is 0.702 bits per heavy atom. The van der Waals surface area contributed by atoms with E-state index in [1.54, 1.807) is 48.5 Å². The van der Waals surface area contributed by atoms with E-state index in [9.17, 15) is 19.2 Å². The van der Waals surface area contributed by atoms with Gasteiger partial charge in [0.2, 0.25) is 0 Å². The van der Waals surface area contributed by atoms with Gasteiger partial charge in [-0.05, 0) is 54.9 Å². The maximum Gasteiger partial charge on any atom is 0.509 e. The summed E-state index contributed by atoms with van der Waals surface area (Å²) in [5, 5.41) is 0. The van der Waals surface area contributed by atoms with Crippen molar-refractivity contribution in [2.45, 2.75) is 121 Å². The number of esters is 2. The van der Waals surface area contributed by atoms with Gasteiger partial charge in [-0.3, -0.25) is 0 Å². The van der Waals surface area contributed by atoms with Crippen LogP contribution in [0.4, 0.5) is 9.59 Å². The molecule has 5 unspecified atom stereocenters. The molecule has 14 heteroatoms. The van der Waals surface area contributed by atoms with Gasteiger partial charge in [-0.15, -0.1) is 0 Å². The third-order valence-electron chi connectivity index (χ3n) is 7.73. The van der Waals surface area contributed by atoms with Crippen molar-refractivity contribution in [2.75, 3.05) is 39.6 Å². The number of hydrogen-bond acceptors (Lipinski definition) is 14. The minimum absolute atomic E-state index is 0.0121. The first-order chi connectivity index (χ1) is 21.9. The Labute approximate surface area is 277 Å². The molecular formula is C33H52O14. The van der Waals surface area contributed by atoms with Gasteiger partial charge in [-0.25, -0.2) is 19.2 Å². The lowest BCUT2D eigenvalue weighted by Gasteiger charge is -2.30. The summed E-state index contributed by atoms with van der Waals surface area (Å²) in [6.07, 6.45) is -0.924. The molecule has 2 saturated heterocycles. The van der Waals surface area contributed by atoms with Crippen LogP contribution in [0.5, 0.6) is 0 Å². The van der Waals surface area contributed by atoms with Gasteiger partial charge in [0, 0.05) is 12.8 Å². The second-order valence-electron chi connectivity index (χ2n) is 13.2. The lowest BCUT2D eigenvalue weighted by molar-refractivity contribution is -0.171. The predicted octanol–water partition coefficient (Wildman–Crippen LogP) is 4.60. The first-order valence-electron chi connectivity index (χ1n) is 15.7. The molecule has 2 fully saturated rings. The smallest absolute Gasteiger partial charge is 0.459 e. The molecule has 0 saturated carbocycles. The third-order valence-corrected chi connectivity index (χ3v) is 7.73. The molecule has 14 nitrogen and oxygen atoms in total. The van der Waals surface area contributed by atoms with Crippen molar-refractivity contribution in [3.63, 3.8) is 0 Å². The molecule has 5 atom stereocenters. The first kappa shape index (κ1) is 40.0. The van der Waals surface area contributed by atoms with Crippen molar-refractivity contribution < 1.29 is 66.5 Å². The zero-order valence-electron chi connectivity index (χ0n) is 29.0. The van der Waals surface area contributed by atoms with Gasteiger partial charge in [0.05, 0.1) is 26.4 Å². The zero-order chi connectivity index (χ0) is 35.5. The maximum atomic E-state index is 12.7. The number of hydrogen-bond donors (Lipinski definition) is 0. The number of carbonyl (C=O) groups is 4. The standard InChI is InChI=1S/C33H52O14/c1-11-16-38-26(34)32(8,9)42-18-14-30(4,5)46-28(36)44-22-20-40-25-23(21-41-24(22)25)45-29(37)47-31(6,7)15-19-43-33(10,13-3)27(35)39-17-12-2/h11-12,22-25H,1-2,13-21H2,3-10H3. The summed E-state index contributed by atoms with van der Waals surface area (Å²) < 4.78 is 55.2. The van der Waals surface area contributed by atoms with E-state index >= 15 is 0 Å². The van der Waals surface area contributed by atoms with Crippen LogP contribution in [-0.2, 0) is 57.0 Å². The average Bonchev–Trinajstić information content (AvgIpc) is 3.56. The third kappa shape index (κ3) is 12.4. The van der Waals surface area contributed by atoms with Crippen LogP contribution in [-0.4, -0.2) is 111 Å². The summed E-state index contributed by atoms with van der Waals surface area (Å²) in [7, 11) is 0. The van der Waals surface area contributed by atoms with Crippen LogP contribution in [0.3, 0.4) is 0 Å². The van der Waals surface area contributed by atoms with E-state index in [-0.39, 0.29) is 52.5 Å². The summed E-state index contributed by atoms with van der Waals surface area (Å²) in [6.45, 7) is 20.8. The molecule has 0 aliphatic carbocycles. The quantitative estimate of drug-likeness (QED) is 0.106. The SMILES string of the molecule is C=CCOC(=O)C(C)(C)OCCC(C)(C)OC(=O)OC1COC2C(OC(=O)OC(C)(C)CCOC(C)(CC)C(=O)OCC=C)COC12. The Balaban J connectivity index is 1.78. The highest BCUT2D eigenvalue weighted by atomic mass is 16.8. The topological polar surface area (TPSA) is 161 Å². The fourth-order valence-electron chi connectivity index (χ4n) is 4.51. The summed E-state index contributed by atoms with van der Waals surface area (Å²) in [5.74, 6) is -1.04. The molecular weight excluding hydrogens is 620 g/mol. The number of fused-ring (bicyclic) bond motifs is 1. The molecule has 0 amide bonds. The Morgan fingerprint density at radius 2 is 1.13 bits per heavy atom. The zero-order valence-corrected chi connectivity index (χ0v) is 29.0. The van der Waals surface area contributed by atoms with Crippen LogP contribution in [0.1, 0.15) is 74.7 Å². The second-order valence-corrected chi connectivity index (χ2v) is 13.2. The highest BCUT2D eigenvalue weighted by Gasteiger charge is 2.52. The minimum atomic E-state index is -1.19. The predicted molar refractivity (Wildman–Crippen MR) is 167 cm³/mol. The molecule has 2 rings (SSSR count). The molecule has 2 aliphatic rings. The van der Waals surface area contributed by atoms with Crippen LogP contribution < -0.4 is 0 Å². The maximum absolute atomic E-state index is 12.7. The van der Waals surface area contributed by atoms with Crippen molar-refractivity contribution in [3.8, 4) is 0 Å². The summed E-state index contributed by atoms with van der Waals surface area (Å²) in [4.78, 5) is 49.8. The van der Waals surface area contributed by atoms with Gasteiger partial charge in [0.25, 0.3) is 0 Å². The van der Waals surface area contributed by atoms with E-state index in [0.29, 0.717) is 6.42 Å². The molecule has 0 aromatic rings. The molecule has 2 heterocycles. The fraction of sp³-hybridized carbons (Fsp3) is 0.758. The molecule has 0 radical (unpaired) electrons. The lowest BCUT2D eigenvalue weighted by Crippen LogP contribution is -2.41. The number of carbonyl (C=O) groups excluding carboxylic acids is 4. The second kappa shape index (κ2) is 17.3. The monoisotopic (exact) mass is 672 g/mol. The molecule has 0 aromatic heterocycles. The highest BCUT2D eigenvalue weighted by Crippen LogP contribution is 2.32. The van der Waals surface area contributed by atoms with Crippen molar-refractivity contribution in [3.05, 3.63) is 25.3 Å². The van der Waals surface area contributed by atoms with Crippen molar-refractivity contribution in [1.29, 1.82) is 0 Å². The van der Waals surface area contributed by atoms with E-state index < -0.39 is 71.1 Å². The highest BCUT2D eigenvalue weighted by molar-refractivity contribution is 5.79. The number of ether oxygens (including phenoxy) is 10. The Morgan fingerprint density at radius 3 is 1.55 bits per heavy atom. The molecule has 0 spiro atoms. The van der Waals surface area contributed by atoms with Crippen molar-refractivity contribution in [1.82, 2.24) is 0 Å². The molecule has 47 heavy (non-hydrogen) atoms. The molecule has 2 aliphatic heterocycles. The van der Waals surface area contributed by atoms with Gasteiger partial charge < -0.3 is 47.4 Å². The van der Waals surface area contributed by atoms with Crippen LogP contribution in [0.25, 0.3) is 0 Å². The first-order valence-corrected chi connectivity index (χ1v) is 15.7. The summed E-state index contributed by atoms with van der Waals surface area (Å²) >= 11 is 0. The van der Waals surface area contributed by atoms with E-state index in [4.69, 9.17) is 47.4 Å². The van der Waals surface area contributed by atoms with E-state index in [2.05, 4.69) is 13.2 Å². The Kier molecular flexibility index (Phi) is 14.7. The Hall–Kier alpha value is -3.20. The van der Waals surface area contributed by atoms with Crippen molar-refractivity contribution >= 4 is 24.2 Å². The average molecular weight is 673 g/mol. The normalized spacial score (nSPS) is 22.3. The lowest BCUT2D eigenvalue weighted by atomic mass is 10.0. The van der Waals surface area contributed by atoms with Crippen LogP contribution in [0.15, 0.2) is 25.3 Å². The van der Waals surface area contributed by atoms with Crippen molar-refractivity contribution in [2.24, 2.45) is 0 Å². The van der Waals surface area contributed by atoms with E-state index in [1.165, 1.54) is 12.2 Å². The molecule has 268 valence electrons. The van der Waals surface area contributed by atoms with E-state index in [1.807, 2.05) is 6.92 Å². The van der Waals surface area contributed by atoms with Gasteiger partial charge in [-0.2, -0.15) is 0 Å². The van der Waals surface area contributed by atoms with E-state index in [0.717, 1.165) is 0 Å². The van der Waals surface area contributed by atoms with Gasteiger partial charge in [-0.1, -0.05) is 32.2 Å². The largest absolute Gasteiger partial charge is 0.509 e. The molecule has 0 bridgehead atoms. The van der Waals surface area contributed by atoms with Gasteiger partial charge >= 0.3 is 24.2 Å². The number of rotatable bonds is 19. The van der Waals surface area contributed by atoms with Crippen LogP contribution >= 0.6 is 0 Å². The molecule has 0 aromatic carbocycles. The van der Waals surface area contributed by atoms with Crippen LogP contribution in [0.2, 0.25) is 0 Å². The molecule has 0 N–H and O–H groups in total.